The number of nitrogens with one attached hydrogen (secondary N) is 1. The minimum Gasteiger partial charge on any atom is -0.492 e. The lowest BCUT2D eigenvalue weighted by Gasteiger charge is -2.30. The molecule has 0 unspecified atom stereocenters. The predicted octanol–water partition coefficient (Wildman–Crippen LogP) is 4.32. The van der Waals surface area contributed by atoms with Gasteiger partial charge in [0.2, 0.25) is 0 Å². The molecule has 0 saturated carbocycles. The third kappa shape index (κ3) is 6.69. The second kappa shape index (κ2) is 11.9. The van der Waals surface area contributed by atoms with Gasteiger partial charge in [-0.15, -0.1) is 0 Å². The highest BCUT2D eigenvalue weighted by atomic mass is 32.1. The lowest BCUT2D eigenvalue weighted by Crippen LogP contribution is -2.40. The molecular weight excluding hydrogens is 394 g/mol. The highest BCUT2D eigenvalue weighted by Gasteiger charge is 2.15. The van der Waals surface area contributed by atoms with Gasteiger partial charge in [-0.2, -0.15) is 0 Å². The number of para-hydroxylation sites is 2. The molecule has 1 aliphatic rings. The van der Waals surface area contributed by atoms with E-state index < -0.39 is 0 Å². The van der Waals surface area contributed by atoms with E-state index in [0.29, 0.717) is 6.61 Å². The van der Waals surface area contributed by atoms with Gasteiger partial charge in [-0.3, -0.25) is 4.90 Å². The van der Waals surface area contributed by atoms with Gasteiger partial charge in [0.1, 0.15) is 5.75 Å². The number of nitrogens with zero attached hydrogens (tertiary/aromatic N) is 2. The Balaban J connectivity index is 1.67. The first-order valence-corrected chi connectivity index (χ1v) is 11.2. The summed E-state index contributed by atoms with van der Waals surface area (Å²) in [5.41, 5.74) is 3.49. The van der Waals surface area contributed by atoms with Crippen LogP contribution in [0.25, 0.3) is 0 Å². The number of morpholine rings is 1. The topological polar surface area (TPSA) is 37.0 Å². The van der Waals surface area contributed by atoms with E-state index in [4.69, 9.17) is 21.7 Å². The fourth-order valence-electron chi connectivity index (χ4n) is 3.60. The monoisotopic (exact) mass is 427 g/mol. The maximum absolute atomic E-state index is 5.84. The minimum atomic E-state index is 0.623. The van der Waals surface area contributed by atoms with Crippen molar-refractivity contribution in [2.45, 2.75) is 26.8 Å². The van der Waals surface area contributed by atoms with Crippen LogP contribution in [-0.2, 0) is 11.3 Å². The van der Waals surface area contributed by atoms with Crippen LogP contribution in [0.4, 0.5) is 5.69 Å². The summed E-state index contributed by atoms with van der Waals surface area (Å²) in [6, 6.07) is 16.5. The van der Waals surface area contributed by atoms with Gasteiger partial charge in [0.15, 0.2) is 5.11 Å². The van der Waals surface area contributed by atoms with Crippen molar-refractivity contribution in [2.24, 2.45) is 0 Å². The van der Waals surface area contributed by atoms with Crippen LogP contribution in [0.2, 0.25) is 0 Å². The Morgan fingerprint density at radius 3 is 2.63 bits per heavy atom. The van der Waals surface area contributed by atoms with Crippen LogP contribution in [0.1, 0.15) is 24.5 Å². The van der Waals surface area contributed by atoms with Crippen molar-refractivity contribution in [3.63, 3.8) is 0 Å². The van der Waals surface area contributed by atoms with Crippen molar-refractivity contribution in [1.29, 1.82) is 0 Å². The molecule has 6 heteroatoms. The molecule has 3 rings (SSSR count). The van der Waals surface area contributed by atoms with Gasteiger partial charge in [0.05, 0.1) is 25.5 Å². The molecule has 30 heavy (non-hydrogen) atoms. The standard InChI is InChI=1S/C24H33N3O2S/c1-3-29-23-12-7-6-11-22(23)25-24(30)27(19-21-10-5-4-9-20(21)2)14-8-13-26-15-17-28-18-16-26/h4-7,9-12H,3,8,13-19H2,1-2H3,(H,25,30). The normalized spacial score (nSPS) is 14.3. The predicted molar refractivity (Wildman–Crippen MR) is 127 cm³/mol. The molecule has 1 N–H and O–H groups in total. The first kappa shape index (κ1) is 22.5. The smallest absolute Gasteiger partial charge is 0.173 e. The van der Waals surface area contributed by atoms with Gasteiger partial charge in [0.25, 0.3) is 0 Å². The van der Waals surface area contributed by atoms with Crippen molar-refractivity contribution in [1.82, 2.24) is 9.80 Å². The Hall–Kier alpha value is -2.15. The Morgan fingerprint density at radius 2 is 1.87 bits per heavy atom. The maximum Gasteiger partial charge on any atom is 0.173 e. The molecule has 0 aromatic heterocycles. The number of benzene rings is 2. The minimum absolute atomic E-state index is 0.623. The van der Waals surface area contributed by atoms with E-state index in [1.54, 1.807) is 0 Å². The molecule has 0 aliphatic carbocycles. The molecule has 0 bridgehead atoms. The molecular formula is C24H33N3O2S. The lowest BCUT2D eigenvalue weighted by molar-refractivity contribution is 0.0368. The van der Waals surface area contributed by atoms with Crippen LogP contribution in [0.3, 0.4) is 0 Å². The summed E-state index contributed by atoms with van der Waals surface area (Å²) in [4.78, 5) is 4.73. The summed E-state index contributed by atoms with van der Waals surface area (Å²) < 4.78 is 11.2. The van der Waals surface area contributed by atoms with E-state index in [1.807, 2.05) is 31.2 Å². The average molecular weight is 428 g/mol. The molecule has 0 amide bonds. The molecule has 2 aromatic carbocycles. The molecule has 2 aromatic rings. The van der Waals surface area contributed by atoms with Gasteiger partial charge < -0.3 is 19.7 Å². The summed E-state index contributed by atoms with van der Waals surface area (Å²) in [6.45, 7) is 11.2. The molecule has 0 spiro atoms. The van der Waals surface area contributed by atoms with Crippen molar-refractivity contribution in [3.05, 3.63) is 59.7 Å². The average Bonchev–Trinajstić information content (AvgIpc) is 2.76. The Bertz CT molecular complexity index is 809. The van der Waals surface area contributed by atoms with Crippen molar-refractivity contribution >= 4 is 23.0 Å². The quantitative estimate of drug-likeness (QED) is 0.601. The summed E-state index contributed by atoms with van der Waals surface area (Å²) in [6.07, 6.45) is 1.06. The molecule has 1 saturated heterocycles. The lowest BCUT2D eigenvalue weighted by atomic mass is 10.1. The zero-order valence-corrected chi connectivity index (χ0v) is 18.9. The van der Waals surface area contributed by atoms with Gasteiger partial charge in [-0.05, 0) is 55.7 Å². The van der Waals surface area contributed by atoms with Gasteiger partial charge in [-0.1, -0.05) is 36.4 Å². The number of hydrogen-bond acceptors (Lipinski definition) is 4. The first-order valence-electron chi connectivity index (χ1n) is 10.8. The largest absolute Gasteiger partial charge is 0.492 e. The van der Waals surface area contributed by atoms with E-state index in [1.165, 1.54) is 11.1 Å². The number of hydrogen-bond donors (Lipinski definition) is 1. The fraction of sp³-hybridized carbons (Fsp3) is 0.458. The van der Waals surface area contributed by atoms with E-state index in [0.717, 1.165) is 68.9 Å². The third-order valence-corrected chi connectivity index (χ3v) is 5.70. The van der Waals surface area contributed by atoms with E-state index >= 15 is 0 Å². The molecule has 1 aliphatic heterocycles. The second-order valence-corrected chi connectivity index (χ2v) is 7.90. The number of rotatable bonds is 9. The van der Waals surface area contributed by atoms with Crippen molar-refractivity contribution in [3.8, 4) is 5.75 Å². The Kier molecular flexibility index (Phi) is 8.93. The zero-order chi connectivity index (χ0) is 21.2. The number of aryl methyl sites for hydroxylation is 1. The zero-order valence-electron chi connectivity index (χ0n) is 18.1. The molecule has 1 heterocycles. The third-order valence-electron chi connectivity index (χ3n) is 5.34. The van der Waals surface area contributed by atoms with Crippen LogP contribution < -0.4 is 10.1 Å². The summed E-state index contributed by atoms with van der Waals surface area (Å²) in [5, 5.41) is 4.15. The van der Waals surface area contributed by atoms with E-state index in [9.17, 15) is 0 Å². The highest BCUT2D eigenvalue weighted by molar-refractivity contribution is 7.80. The Morgan fingerprint density at radius 1 is 1.13 bits per heavy atom. The maximum atomic E-state index is 5.84. The van der Waals surface area contributed by atoms with Gasteiger partial charge in [0, 0.05) is 32.7 Å². The van der Waals surface area contributed by atoms with Crippen LogP contribution in [0, 0.1) is 6.92 Å². The summed E-state index contributed by atoms with van der Waals surface area (Å²) in [7, 11) is 0. The van der Waals surface area contributed by atoms with Crippen LogP contribution in [0.5, 0.6) is 5.75 Å². The number of anilines is 1. The molecule has 162 valence electrons. The van der Waals surface area contributed by atoms with E-state index in [2.05, 4.69) is 46.3 Å². The second-order valence-electron chi connectivity index (χ2n) is 7.51. The molecule has 5 nitrogen and oxygen atoms in total. The van der Waals surface area contributed by atoms with Crippen molar-refractivity contribution in [2.75, 3.05) is 51.3 Å². The van der Waals surface area contributed by atoms with Crippen LogP contribution in [0.15, 0.2) is 48.5 Å². The summed E-state index contributed by atoms with van der Waals surface area (Å²) >= 11 is 5.84. The fourth-order valence-corrected chi connectivity index (χ4v) is 3.87. The molecule has 0 atom stereocenters. The van der Waals surface area contributed by atoms with Gasteiger partial charge >= 0.3 is 0 Å². The van der Waals surface area contributed by atoms with Gasteiger partial charge in [-0.25, -0.2) is 0 Å². The first-order chi connectivity index (χ1) is 14.7. The van der Waals surface area contributed by atoms with Crippen molar-refractivity contribution < 1.29 is 9.47 Å². The SMILES string of the molecule is CCOc1ccccc1NC(=S)N(CCCN1CCOCC1)Cc1ccccc1C. The number of thiocarbonyl (C=S) groups is 1. The van der Waals surface area contributed by atoms with Crippen LogP contribution >= 0.6 is 12.2 Å². The van der Waals surface area contributed by atoms with E-state index in [-0.39, 0.29) is 0 Å². The molecule has 0 radical (unpaired) electrons. The summed E-state index contributed by atoms with van der Waals surface area (Å²) in [5.74, 6) is 0.825. The van der Waals surface area contributed by atoms with Crippen LogP contribution in [-0.4, -0.2) is 60.9 Å². The Labute approximate surface area is 186 Å². The molecule has 1 fully saturated rings. The number of ether oxygens (including phenoxy) is 2. The highest BCUT2D eigenvalue weighted by Crippen LogP contribution is 2.24.